The molecule has 3 heterocycles. The van der Waals surface area contributed by atoms with Gasteiger partial charge in [0, 0.05) is 35.4 Å². The number of hydrogen-bond donors (Lipinski definition) is 2. The maximum absolute atomic E-state index is 12.3. The zero-order valence-corrected chi connectivity index (χ0v) is 15.7. The van der Waals surface area contributed by atoms with Crippen LogP contribution in [0.2, 0.25) is 0 Å². The first-order valence-corrected chi connectivity index (χ1v) is 9.50. The standard InChI is InChI=1S/C20H18N2O4S/c1-10(2)15-5-11-6-17(23)13(19-21-3-4-27-19)7-12(11)16-8-18(24)14(20(25)26)9-22(15)16/h3-4,6-10,15,23H,5H2,1-2H3,(H,25,26). The van der Waals surface area contributed by atoms with Gasteiger partial charge in [-0.2, -0.15) is 0 Å². The van der Waals surface area contributed by atoms with Crippen LogP contribution in [-0.4, -0.2) is 25.7 Å². The van der Waals surface area contributed by atoms with E-state index in [0.29, 0.717) is 22.7 Å². The highest BCUT2D eigenvalue weighted by atomic mass is 32.1. The predicted octanol–water partition coefficient (Wildman–Crippen LogP) is 3.80. The molecule has 27 heavy (non-hydrogen) atoms. The first kappa shape index (κ1) is 17.5. The Bertz CT molecular complexity index is 1100. The van der Waals surface area contributed by atoms with Crippen LogP contribution in [0.5, 0.6) is 5.75 Å². The lowest BCUT2D eigenvalue weighted by molar-refractivity contribution is 0.0694. The van der Waals surface area contributed by atoms with Gasteiger partial charge in [-0.1, -0.05) is 13.8 Å². The van der Waals surface area contributed by atoms with Crippen LogP contribution in [0.25, 0.3) is 21.8 Å². The first-order chi connectivity index (χ1) is 12.9. The Kier molecular flexibility index (Phi) is 4.11. The molecule has 6 nitrogen and oxygen atoms in total. The third-order valence-electron chi connectivity index (χ3n) is 5.03. The van der Waals surface area contributed by atoms with Gasteiger partial charge in [0.2, 0.25) is 0 Å². The maximum Gasteiger partial charge on any atom is 0.341 e. The van der Waals surface area contributed by atoms with Crippen molar-refractivity contribution in [3.63, 3.8) is 0 Å². The Labute approximate surface area is 159 Å². The van der Waals surface area contributed by atoms with Crippen molar-refractivity contribution >= 4 is 17.3 Å². The molecule has 1 unspecified atom stereocenters. The third kappa shape index (κ3) is 2.84. The number of carboxylic acids is 1. The number of phenols is 1. The normalized spacial score (nSPS) is 15.4. The topological polar surface area (TPSA) is 92.4 Å². The van der Waals surface area contributed by atoms with Crippen LogP contribution in [0, 0.1) is 5.92 Å². The molecule has 0 saturated heterocycles. The average molecular weight is 382 g/mol. The number of hydrogen-bond acceptors (Lipinski definition) is 5. The molecular weight excluding hydrogens is 364 g/mol. The number of carbonyl (C=O) groups is 1. The number of thiazole rings is 1. The SMILES string of the molecule is CC(C)C1Cc2cc(O)c(-c3nccs3)cc2-c2cc(=O)c(C(=O)O)cn21. The highest BCUT2D eigenvalue weighted by Crippen LogP contribution is 2.42. The fourth-order valence-electron chi connectivity index (χ4n) is 3.65. The first-order valence-electron chi connectivity index (χ1n) is 8.62. The minimum Gasteiger partial charge on any atom is -0.507 e. The average Bonchev–Trinajstić information content (AvgIpc) is 3.13. The van der Waals surface area contributed by atoms with Crippen molar-refractivity contribution in [3.8, 4) is 27.6 Å². The van der Waals surface area contributed by atoms with Crippen molar-refractivity contribution in [2.24, 2.45) is 5.92 Å². The summed E-state index contributed by atoms with van der Waals surface area (Å²) in [7, 11) is 0. The molecule has 0 saturated carbocycles. The molecule has 3 aromatic rings. The molecule has 1 atom stereocenters. The van der Waals surface area contributed by atoms with Gasteiger partial charge >= 0.3 is 5.97 Å². The zero-order valence-electron chi connectivity index (χ0n) is 14.8. The largest absolute Gasteiger partial charge is 0.507 e. The van der Waals surface area contributed by atoms with E-state index in [1.807, 2.05) is 16.0 Å². The summed E-state index contributed by atoms with van der Waals surface area (Å²) in [6, 6.07) is 4.96. The fourth-order valence-corrected chi connectivity index (χ4v) is 4.31. The summed E-state index contributed by atoms with van der Waals surface area (Å²) in [5.74, 6) is -0.844. The predicted molar refractivity (Wildman–Crippen MR) is 103 cm³/mol. The number of aromatic carboxylic acids is 1. The second-order valence-corrected chi connectivity index (χ2v) is 7.92. The highest BCUT2D eigenvalue weighted by molar-refractivity contribution is 7.13. The molecule has 0 spiro atoms. The molecule has 7 heteroatoms. The van der Waals surface area contributed by atoms with Gasteiger partial charge in [0.15, 0.2) is 5.43 Å². The van der Waals surface area contributed by atoms with E-state index in [2.05, 4.69) is 18.8 Å². The zero-order chi connectivity index (χ0) is 19.3. The van der Waals surface area contributed by atoms with Gasteiger partial charge in [0.25, 0.3) is 0 Å². The van der Waals surface area contributed by atoms with Crippen molar-refractivity contribution in [1.29, 1.82) is 0 Å². The number of aromatic hydroxyl groups is 1. The molecule has 0 fully saturated rings. The summed E-state index contributed by atoms with van der Waals surface area (Å²) >= 11 is 1.42. The summed E-state index contributed by atoms with van der Waals surface area (Å²) in [4.78, 5) is 28.0. The monoisotopic (exact) mass is 382 g/mol. The van der Waals surface area contributed by atoms with Crippen molar-refractivity contribution in [1.82, 2.24) is 9.55 Å². The van der Waals surface area contributed by atoms with E-state index in [1.54, 1.807) is 12.3 Å². The van der Waals surface area contributed by atoms with Crippen LogP contribution in [0.4, 0.5) is 0 Å². The quantitative estimate of drug-likeness (QED) is 0.719. The molecule has 0 aliphatic carbocycles. The molecule has 1 aliphatic heterocycles. The van der Waals surface area contributed by atoms with E-state index in [4.69, 9.17) is 0 Å². The number of benzene rings is 1. The fraction of sp³-hybridized carbons (Fsp3) is 0.250. The number of fused-ring (bicyclic) bond motifs is 3. The van der Waals surface area contributed by atoms with Crippen LogP contribution in [0.3, 0.4) is 0 Å². The molecule has 2 N–H and O–H groups in total. The Morgan fingerprint density at radius 2 is 2.07 bits per heavy atom. The Hall–Kier alpha value is -2.93. The summed E-state index contributed by atoms with van der Waals surface area (Å²) in [6.07, 6.45) is 3.77. The summed E-state index contributed by atoms with van der Waals surface area (Å²) in [6.45, 7) is 4.11. The lowest BCUT2D eigenvalue weighted by Crippen LogP contribution is -2.28. The van der Waals surface area contributed by atoms with E-state index < -0.39 is 11.4 Å². The van der Waals surface area contributed by atoms with Crippen molar-refractivity contribution < 1.29 is 15.0 Å². The molecule has 1 aromatic carbocycles. The van der Waals surface area contributed by atoms with Gasteiger partial charge in [-0.25, -0.2) is 9.78 Å². The maximum atomic E-state index is 12.3. The van der Waals surface area contributed by atoms with Gasteiger partial charge in [0.05, 0.1) is 11.3 Å². The lowest BCUT2D eigenvalue weighted by Gasteiger charge is -2.33. The molecule has 0 amide bonds. The molecule has 0 radical (unpaired) electrons. The third-order valence-corrected chi connectivity index (χ3v) is 5.83. The Morgan fingerprint density at radius 1 is 1.30 bits per heavy atom. The van der Waals surface area contributed by atoms with Gasteiger partial charge in [-0.15, -0.1) is 11.3 Å². The van der Waals surface area contributed by atoms with Crippen molar-refractivity contribution in [3.05, 3.63) is 57.3 Å². The summed E-state index contributed by atoms with van der Waals surface area (Å²) in [5.41, 5.74) is 2.29. The molecule has 1 aliphatic rings. The Morgan fingerprint density at radius 3 is 2.70 bits per heavy atom. The van der Waals surface area contributed by atoms with Crippen molar-refractivity contribution in [2.45, 2.75) is 26.3 Å². The van der Waals surface area contributed by atoms with E-state index >= 15 is 0 Å². The van der Waals surface area contributed by atoms with E-state index in [0.717, 1.165) is 11.1 Å². The molecular formula is C20H18N2O4S. The van der Waals surface area contributed by atoms with Crippen LogP contribution in [0.1, 0.15) is 35.8 Å². The minimum atomic E-state index is -1.22. The van der Waals surface area contributed by atoms with Crippen LogP contribution >= 0.6 is 11.3 Å². The highest BCUT2D eigenvalue weighted by Gasteiger charge is 2.29. The summed E-state index contributed by atoms with van der Waals surface area (Å²) in [5, 5.41) is 22.4. The van der Waals surface area contributed by atoms with Gasteiger partial charge in [0.1, 0.15) is 16.3 Å². The van der Waals surface area contributed by atoms with Gasteiger partial charge in [-0.3, -0.25) is 4.79 Å². The number of nitrogens with zero attached hydrogens (tertiary/aromatic N) is 2. The van der Waals surface area contributed by atoms with Crippen LogP contribution < -0.4 is 5.43 Å². The van der Waals surface area contributed by atoms with Crippen LogP contribution in [0.15, 0.2) is 40.8 Å². The number of pyridine rings is 1. The smallest absolute Gasteiger partial charge is 0.341 e. The number of carboxylic acid groups (broad SMARTS) is 1. The molecule has 4 rings (SSSR count). The minimum absolute atomic E-state index is 0.00341. The van der Waals surface area contributed by atoms with E-state index in [-0.39, 0.29) is 23.3 Å². The number of aromatic nitrogens is 2. The van der Waals surface area contributed by atoms with Crippen molar-refractivity contribution in [2.75, 3.05) is 0 Å². The number of rotatable bonds is 3. The van der Waals surface area contributed by atoms with Gasteiger partial charge < -0.3 is 14.8 Å². The summed E-state index contributed by atoms with van der Waals surface area (Å²) < 4.78 is 1.89. The molecule has 2 aromatic heterocycles. The second kappa shape index (κ2) is 6.35. The second-order valence-electron chi connectivity index (χ2n) is 7.03. The lowest BCUT2D eigenvalue weighted by atomic mass is 9.86. The van der Waals surface area contributed by atoms with Gasteiger partial charge in [-0.05, 0) is 30.0 Å². The molecule has 138 valence electrons. The van der Waals surface area contributed by atoms with E-state index in [1.165, 1.54) is 23.6 Å². The Balaban J connectivity index is 1.99. The molecule has 0 bridgehead atoms. The van der Waals surface area contributed by atoms with E-state index in [9.17, 15) is 19.8 Å². The number of phenolic OH excluding ortho intramolecular Hbond substituents is 1. The van der Waals surface area contributed by atoms with Crippen LogP contribution in [-0.2, 0) is 6.42 Å².